The van der Waals surface area contributed by atoms with Gasteiger partial charge in [0.1, 0.15) is 12.0 Å². The number of halogens is 2. The number of rotatable bonds is 6. The van der Waals surface area contributed by atoms with Gasteiger partial charge in [0.05, 0.1) is 6.07 Å². The van der Waals surface area contributed by atoms with Gasteiger partial charge in [0.2, 0.25) is 0 Å². The summed E-state index contributed by atoms with van der Waals surface area (Å²) < 4.78 is 61.4. The number of alkyl halides is 2. The first kappa shape index (κ1) is 24.5. The Morgan fingerprint density at radius 2 is 1.94 bits per heavy atom. The van der Waals surface area contributed by atoms with Gasteiger partial charge >= 0.3 is 11.3 Å². The molecule has 1 aromatic carbocycles. The Labute approximate surface area is 190 Å². The predicted octanol–water partition coefficient (Wildman–Crippen LogP) is 3.14. The Balaban J connectivity index is 1.87. The zero-order valence-corrected chi connectivity index (χ0v) is 18.6. The second kappa shape index (κ2) is 9.03. The molecule has 0 saturated carbocycles. The van der Waals surface area contributed by atoms with Crippen LogP contribution in [-0.4, -0.2) is 53.4 Å². The van der Waals surface area contributed by atoms with Gasteiger partial charge in [-0.25, -0.2) is 18.2 Å². The van der Waals surface area contributed by atoms with E-state index in [4.69, 9.17) is 4.74 Å². The predicted molar refractivity (Wildman–Crippen MR) is 112 cm³/mol. The maximum atomic E-state index is 15.4. The van der Waals surface area contributed by atoms with Gasteiger partial charge in [-0.2, -0.15) is 14.0 Å². The number of aromatic nitrogens is 1. The van der Waals surface area contributed by atoms with Gasteiger partial charge in [-0.05, 0) is 37.5 Å². The molecule has 1 fully saturated rings. The fraction of sp³-hybridized carbons (Fsp3) is 0.409. The van der Waals surface area contributed by atoms with Crippen LogP contribution >= 0.6 is 0 Å². The Bertz CT molecular complexity index is 1140. The molecule has 2 atom stereocenters. The third-order valence-electron chi connectivity index (χ3n) is 5.92. The molecule has 0 bridgehead atoms. The fourth-order valence-electron chi connectivity index (χ4n) is 3.80. The van der Waals surface area contributed by atoms with Gasteiger partial charge in [-0.15, -0.1) is 0 Å². The van der Waals surface area contributed by atoms with Crippen LogP contribution in [0.2, 0.25) is 0 Å². The lowest BCUT2D eigenvalue weighted by Crippen LogP contribution is -2.65. The number of nitriles is 1. The first-order valence-electron chi connectivity index (χ1n) is 10.1. The van der Waals surface area contributed by atoms with Crippen LogP contribution in [0.15, 0.2) is 59.8 Å². The highest BCUT2D eigenvalue weighted by atomic mass is 32.2. The van der Waals surface area contributed by atoms with Gasteiger partial charge < -0.3 is 14.7 Å². The van der Waals surface area contributed by atoms with E-state index < -0.39 is 43.8 Å². The van der Waals surface area contributed by atoms with E-state index in [1.165, 1.54) is 12.1 Å². The molecule has 0 aliphatic carbocycles. The summed E-state index contributed by atoms with van der Waals surface area (Å²) in [6.45, 7) is 0.00892. The molecule has 2 heterocycles. The largest absolute Gasteiger partial charge is 0.445 e. The van der Waals surface area contributed by atoms with Crippen molar-refractivity contribution in [3.8, 4) is 6.07 Å². The van der Waals surface area contributed by atoms with Crippen LogP contribution in [0, 0.1) is 16.7 Å². The molecule has 0 radical (unpaired) electrons. The number of nitrogens with zero attached hydrogens (tertiary/aromatic N) is 3. The summed E-state index contributed by atoms with van der Waals surface area (Å²) >= 11 is 0. The molecule has 176 valence electrons. The second-order valence-corrected chi connectivity index (χ2v) is 9.96. The highest BCUT2D eigenvalue weighted by Gasteiger charge is 2.70. The molecule has 1 amide bonds. The van der Waals surface area contributed by atoms with Crippen LogP contribution in [-0.2, 0) is 21.2 Å². The summed E-state index contributed by atoms with van der Waals surface area (Å²) in [5.41, 5.74) is -4.92. The SMILES string of the molecule is CC(O)(C1(C#N)CCCN(C(=O)OCc2ccccc2)C1)C(F)(F)S(=O)(=O)c1ccccn1. The molecule has 0 spiro atoms. The van der Waals surface area contributed by atoms with Crippen LogP contribution in [0.25, 0.3) is 0 Å². The van der Waals surface area contributed by atoms with Crippen molar-refractivity contribution in [3.63, 3.8) is 0 Å². The molecule has 2 unspecified atom stereocenters. The topological polar surface area (TPSA) is 121 Å². The zero-order valence-electron chi connectivity index (χ0n) is 17.8. The zero-order chi connectivity index (χ0) is 24.3. The molecule has 8 nitrogen and oxygen atoms in total. The number of carbonyl (C=O) groups excluding carboxylic acids is 1. The molecule has 1 N–H and O–H groups in total. The summed E-state index contributed by atoms with van der Waals surface area (Å²) in [7, 11) is -5.46. The van der Waals surface area contributed by atoms with Crippen molar-refractivity contribution in [2.75, 3.05) is 13.1 Å². The Kier molecular flexibility index (Phi) is 6.72. The third kappa shape index (κ3) is 4.28. The van der Waals surface area contributed by atoms with E-state index >= 15 is 8.78 Å². The van der Waals surface area contributed by atoms with Crippen molar-refractivity contribution in [1.29, 1.82) is 5.26 Å². The van der Waals surface area contributed by atoms with Crippen LogP contribution in [0.5, 0.6) is 0 Å². The van der Waals surface area contributed by atoms with Crippen LogP contribution in [0.1, 0.15) is 25.3 Å². The molecule has 33 heavy (non-hydrogen) atoms. The molecule has 2 aromatic rings. The van der Waals surface area contributed by atoms with Crippen LogP contribution in [0.3, 0.4) is 0 Å². The van der Waals surface area contributed by atoms with Crippen molar-refractivity contribution in [2.45, 2.75) is 42.3 Å². The molecule has 1 aliphatic rings. The smallest absolute Gasteiger partial charge is 0.410 e. The quantitative estimate of drug-likeness (QED) is 0.676. The van der Waals surface area contributed by atoms with Crippen molar-refractivity contribution < 1.29 is 31.8 Å². The first-order chi connectivity index (χ1) is 15.5. The highest BCUT2D eigenvalue weighted by molar-refractivity contribution is 7.92. The average molecular weight is 480 g/mol. The number of pyridine rings is 1. The number of benzene rings is 1. The maximum Gasteiger partial charge on any atom is 0.410 e. The standard InChI is InChI=1S/C22H23F2N3O5S/c1-20(29,22(23,24)33(30,31)18-10-5-6-12-26-18)21(15-25)11-7-13-27(16-21)19(28)32-14-17-8-3-2-4-9-17/h2-6,8-10,12,29H,7,11,13-14,16H2,1H3. The van der Waals surface area contributed by atoms with Gasteiger partial charge in [0.15, 0.2) is 10.6 Å². The molecule has 1 aliphatic heterocycles. The number of sulfone groups is 1. The molecule has 1 saturated heterocycles. The van der Waals surface area contributed by atoms with E-state index in [-0.39, 0.29) is 26.0 Å². The minimum absolute atomic E-state index is 0.0731. The highest BCUT2D eigenvalue weighted by Crippen LogP contribution is 2.51. The summed E-state index contributed by atoms with van der Waals surface area (Å²) in [6.07, 6.45) is 0.0174. The van der Waals surface area contributed by atoms with E-state index in [0.717, 1.165) is 17.2 Å². The van der Waals surface area contributed by atoms with E-state index in [1.54, 1.807) is 36.4 Å². The number of amides is 1. The lowest BCUT2D eigenvalue weighted by Gasteiger charge is -2.48. The second-order valence-electron chi connectivity index (χ2n) is 8.02. The minimum Gasteiger partial charge on any atom is -0.445 e. The monoisotopic (exact) mass is 479 g/mol. The number of likely N-dealkylation sites (tertiary alicyclic amines) is 1. The van der Waals surface area contributed by atoms with Crippen LogP contribution in [0.4, 0.5) is 13.6 Å². The van der Waals surface area contributed by atoms with E-state index in [2.05, 4.69) is 4.98 Å². The van der Waals surface area contributed by atoms with E-state index in [0.29, 0.717) is 12.5 Å². The summed E-state index contributed by atoms with van der Waals surface area (Å²) in [5.74, 6) is 0. The Morgan fingerprint density at radius 3 is 2.55 bits per heavy atom. The number of piperidine rings is 1. The number of ether oxygens (including phenoxy) is 1. The lowest BCUT2D eigenvalue weighted by molar-refractivity contribution is -0.181. The number of carbonyl (C=O) groups is 1. The van der Waals surface area contributed by atoms with Gasteiger partial charge in [0.25, 0.3) is 9.84 Å². The number of aliphatic hydroxyl groups is 1. The molecular formula is C22H23F2N3O5S. The summed E-state index contributed by atoms with van der Waals surface area (Å²) in [6, 6.07) is 13.9. The normalized spacial score (nSPS) is 21.0. The van der Waals surface area contributed by atoms with E-state index in [9.17, 15) is 23.6 Å². The third-order valence-corrected chi connectivity index (χ3v) is 7.78. The van der Waals surface area contributed by atoms with Gasteiger partial charge in [0, 0.05) is 19.3 Å². The Hall–Kier alpha value is -3.10. The fourth-order valence-corrected chi connectivity index (χ4v) is 5.24. The van der Waals surface area contributed by atoms with Crippen molar-refractivity contribution in [2.24, 2.45) is 5.41 Å². The number of hydrogen-bond acceptors (Lipinski definition) is 7. The number of hydrogen-bond donors (Lipinski definition) is 1. The van der Waals surface area contributed by atoms with Crippen molar-refractivity contribution >= 4 is 15.9 Å². The average Bonchev–Trinajstić information content (AvgIpc) is 2.83. The molecule has 11 heteroatoms. The van der Waals surface area contributed by atoms with Gasteiger partial charge in [-0.1, -0.05) is 36.4 Å². The lowest BCUT2D eigenvalue weighted by atomic mass is 9.68. The van der Waals surface area contributed by atoms with Crippen molar-refractivity contribution in [1.82, 2.24) is 9.88 Å². The summed E-state index contributed by atoms with van der Waals surface area (Å²) in [4.78, 5) is 17.1. The Morgan fingerprint density at radius 1 is 1.27 bits per heavy atom. The van der Waals surface area contributed by atoms with Crippen molar-refractivity contribution in [3.05, 3.63) is 60.3 Å². The molecule has 1 aromatic heterocycles. The molecule has 3 rings (SSSR count). The summed E-state index contributed by atoms with van der Waals surface area (Å²) in [5, 5.41) is 15.1. The maximum absolute atomic E-state index is 15.4. The molecular weight excluding hydrogens is 456 g/mol. The first-order valence-corrected chi connectivity index (χ1v) is 11.6. The minimum atomic E-state index is -5.46. The van der Waals surface area contributed by atoms with E-state index in [1.807, 2.05) is 0 Å². The van der Waals surface area contributed by atoms with Gasteiger partial charge in [-0.3, -0.25) is 0 Å². The van der Waals surface area contributed by atoms with Crippen LogP contribution < -0.4 is 0 Å².